The van der Waals surface area contributed by atoms with Crippen molar-refractivity contribution >= 4 is 28.5 Å². The molecule has 0 radical (unpaired) electrons. The van der Waals surface area contributed by atoms with Gasteiger partial charge in [-0.1, -0.05) is 29.8 Å². The second-order valence-corrected chi connectivity index (χ2v) is 11.2. The van der Waals surface area contributed by atoms with Crippen molar-refractivity contribution in [1.82, 2.24) is 14.8 Å². The van der Waals surface area contributed by atoms with E-state index in [2.05, 4.69) is 84.6 Å². The number of carbonyl (C=O) groups is 1. The Kier molecular flexibility index (Phi) is 6.38. The quantitative estimate of drug-likeness (QED) is 0.517. The maximum atomic E-state index is 12.1. The molecule has 3 aromatic rings. The molecule has 6 rings (SSSR count). The summed E-state index contributed by atoms with van der Waals surface area (Å²) in [7, 11) is 0. The molecule has 4 heterocycles. The molecule has 1 aromatic heterocycles. The zero-order valence-electron chi connectivity index (χ0n) is 23.4. The number of carboxylic acid groups (broad SMARTS) is 1. The molecule has 0 aliphatic carbocycles. The Hall–Kier alpha value is -3.78. The van der Waals surface area contributed by atoms with Gasteiger partial charge in [0.1, 0.15) is 0 Å². The first-order chi connectivity index (χ1) is 18.7. The predicted octanol–water partition coefficient (Wildman–Crippen LogP) is 4.59. The number of nitrogens with zero attached hydrogens (tertiary/aromatic N) is 4. The Morgan fingerprint density at radius 2 is 1.82 bits per heavy atom. The number of hydrogen-bond acceptors (Lipinski definition) is 6. The van der Waals surface area contributed by atoms with Crippen molar-refractivity contribution in [2.45, 2.75) is 59.8 Å². The van der Waals surface area contributed by atoms with E-state index in [-0.39, 0.29) is 18.6 Å². The van der Waals surface area contributed by atoms with Gasteiger partial charge in [0.2, 0.25) is 5.96 Å². The van der Waals surface area contributed by atoms with Crippen molar-refractivity contribution in [3.8, 4) is 11.1 Å². The van der Waals surface area contributed by atoms with E-state index >= 15 is 0 Å². The molecule has 39 heavy (non-hydrogen) atoms. The fraction of sp³-hybridized carbons (Fsp3) is 0.419. The smallest absolute Gasteiger partial charge is 0.307 e. The highest BCUT2D eigenvalue weighted by molar-refractivity contribution is 6.12. The summed E-state index contributed by atoms with van der Waals surface area (Å²) in [4.78, 5) is 21.6. The minimum atomic E-state index is -0.828. The number of benzene rings is 2. The number of carboxylic acids is 1. The number of anilines is 1. The van der Waals surface area contributed by atoms with Crippen LogP contribution in [-0.2, 0) is 22.5 Å². The van der Waals surface area contributed by atoms with Crippen molar-refractivity contribution in [3.63, 3.8) is 0 Å². The second-order valence-electron chi connectivity index (χ2n) is 11.2. The zero-order chi connectivity index (χ0) is 27.4. The summed E-state index contributed by atoms with van der Waals surface area (Å²) < 4.78 is 8.29. The Balaban J connectivity index is 1.48. The number of nitrogens with one attached hydrogen (secondary N) is 1. The Morgan fingerprint density at radius 3 is 2.46 bits per heavy atom. The molecule has 2 atom stereocenters. The third-order valence-electron chi connectivity index (χ3n) is 8.24. The lowest BCUT2D eigenvalue weighted by molar-refractivity contribution is -0.136. The summed E-state index contributed by atoms with van der Waals surface area (Å²) in [5.41, 5.74) is 9.66. The predicted molar refractivity (Wildman–Crippen MR) is 155 cm³/mol. The molecular weight excluding hydrogens is 490 g/mol. The first-order valence-electron chi connectivity index (χ1n) is 13.8. The van der Waals surface area contributed by atoms with Crippen molar-refractivity contribution in [1.29, 1.82) is 0 Å². The standard InChI is InChI=1S/C31H37N5O3/c1-18-6-8-23(9-7-18)28-25(13-27(37)38)22(5)29-30-26(28)12-19(2)35(30)10-11-36(29)31-32-14-24(15-33-31)34-16-20(3)39-21(4)17-34/h6-9,12,14,20-21H,10-11,13,15-17H2,1-5H3,(H,32,33)(H,37,38)/t20-,21+. The van der Waals surface area contributed by atoms with Gasteiger partial charge in [0.05, 0.1) is 48.3 Å². The lowest BCUT2D eigenvalue weighted by atomic mass is 9.88. The molecule has 1 fully saturated rings. The number of rotatable bonds is 4. The fourth-order valence-corrected chi connectivity index (χ4v) is 6.53. The van der Waals surface area contributed by atoms with Gasteiger partial charge in [-0.05, 0) is 62.9 Å². The molecule has 2 N–H and O–H groups in total. The van der Waals surface area contributed by atoms with E-state index in [1.807, 2.05) is 6.20 Å². The average molecular weight is 528 g/mol. The first-order valence-corrected chi connectivity index (χ1v) is 13.8. The summed E-state index contributed by atoms with van der Waals surface area (Å²) >= 11 is 0. The lowest BCUT2D eigenvalue weighted by Gasteiger charge is -2.40. The molecule has 0 spiro atoms. The molecule has 8 heteroatoms. The normalized spacial score (nSPS) is 21.1. The van der Waals surface area contributed by atoms with Crippen molar-refractivity contribution in [3.05, 3.63) is 64.6 Å². The maximum absolute atomic E-state index is 12.1. The van der Waals surface area contributed by atoms with Gasteiger partial charge < -0.3 is 29.5 Å². The second kappa shape index (κ2) is 9.75. The van der Waals surface area contributed by atoms with Gasteiger partial charge in [0, 0.05) is 37.3 Å². The maximum Gasteiger partial charge on any atom is 0.307 e. The number of aliphatic imine (C=N–C) groups is 1. The van der Waals surface area contributed by atoms with Crippen LogP contribution >= 0.6 is 0 Å². The number of aromatic nitrogens is 1. The molecule has 3 aliphatic heterocycles. The van der Waals surface area contributed by atoms with Crippen LogP contribution in [0.15, 0.2) is 47.2 Å². The van der Waals surface area contributed by atoms with Crippen LogP contribution in [0, 0.1) is 20.8 Å². The highest BCUT2D eigenvalue weighted by atomic mass is 16.5. The SMILES string of the molecule is Cc1ccc(-c2c(CC(=O)O)c(C)c3c4c2cc(C)n4CCN3C2=NC=C(N3C[C@@H](C)O[C@@H](C)C3)CN2)cc1. The van der Waals surface area contributed by atoms with Crippen LogP contribution in [0.1, 0.15) is 36.2 Å². The van der Waals surface area contributed by atoms with Gasteiger partial charge in [-0.25, -0.2) is 4.99 Å². The van der Waals surface area contributed by atoms with E-state index in [9.17, 15) is 9.90 Å². The number of guanidine groups is 1. The molecule has 3 aliphatic rings. The van der Waals surface area contributed by atoms with E-state index in [1.54, 1.807) is 0 Å². The van der Waals surface area contributed by atoms with E-state index in [4.69, 9.17) is 9.73 Å². The topological polar surface area (TPSA) is 82.3 Å². The van der Waals surface area contributed by atoms with E-state index in [1.165, 1.54) is 17.0 Å². The minimum Gasteiger partial charge on any atom is -0.481 e. The van der Waals surface area contributed by atoms with Crippen molar-refractivity contribution in [2.75, 3.05) is 31.1 Å². The Labute approximate surface area is 229 Å². The van der Waals surface area contributed by atoms with Gasteiger partial charge in [-0.3, -0.25) is 4.79 Å². The van der Waals surface area contributed by atoms with Gasteiger partial charge in [-0.15, -0.1) is 0 Å². The van der Waals surface area contributed by atoms with Crippen molar-refractivity contribution in [2.24, 2.45) is 4.99 Å². The first kappa shape index (κ1) is 25.5. The molecule has 8 nitrogen and oxygen atoms in total. The number of morpholine rings is 1. The summed E-state index contributed by atoms with van der Waals surface area (Å²) in [6, 6.07) is 10.6. The molecule has 0 amide bonds. The van der Waals surface area contributed by atoms with Crippen LogP contribution in [0.3, 0.4) is 0 Å². The van der Waals surface area contributed by atoms with Crippen LogP contribution < -0.4 is 10.2 Å². The van der Waals surface area contributed by atoms with E-state index < -0.39 is 5.97 Å². The fourth-order valence-electron chi connectivity index (χ4n) is 6.53. The Bertz CT molecular complexity index is 1510. The van der Waals surface area contributed by atoms with E-state index in [0.29, 0.717) is 6.54 Å². The molecule has 0 bridgehead atoms. The van der Waals surface area contributed by atoms with Crippen LogP contribution in [0.5, 0.6) is 0 Å². The van der Waals surface area contributed by atoms with Crippen LogP contribution in [-0.4, -0.2) is 64.9 Å². The van der Waals surface area contributed by atoms with Gasteiger partial charge in [0.25, 0.3) is 0 Å². The van der Waals surface area contributed by atoms with Gasteiger partial charge >= 0.3 is 5.97 Å². The summed E-state index contributed by atoms with van der Waals surface area (Å²) in [5, 5.41) is 14.6. The molecule has 0 saturated carbocycles. The Morgan fingerprint density at radius 1 is 1.10 bits per heavy atom. The zero-order valence-corrected chi connectivity index (χ0v) is 23.4. The largest absolute Gasteiger partial charge is 0.481 e. The van der Waals surface area contributed by atoms with Crippen LogP contribution in [0.4, 0.5) is 5.69 Å². The third kappa shape index (κ3) is 4.46. The number of aliphatic carboxylic acids is 1. The lowest BCUT2D eigenvalue weighted by Crippen LogP contribution is -2.51. The number of ether oxygens (including phenoxy) is 1. The highest BCUT2D eigenvalue weighted by Gasteiger charge is 2.32. The molecular formula is C31H37N5O3. The summed E-state index contributed by atoms with van der Waals surface area (Å²) in [6.07, 6.45) is 2.33. The summed E-state index contributed by atoms with van der Waals surface area (Å²) in [5.74, 6) is -0.0156. The average Bonchev–Trinajstić information content (AvgIpc) is 3.23. The molecule has 2 aromatic carbocycles. The monoisotopic (exact) mass is 527 g/mol. The highest BCUT2D eigenvalue weighted by Crippen LogP contribution is 2.45. The number of hydrogen-bond donors (Lipinski definition) is 2. The van der Waals surface area contributed by atoms with Gasteiger partial charge in [-0.2, -0.15) is 0 Å². The third-order valence-corrected chi connectivity index (χ3v) is 8.24. The van der Waals surface area contributed by atoms with Crippen molar-refractivity contribution < 1.29 is 14.6 Å². The molecule has 204 valence electrons. The minimum absolute atomic E-state index is 0.0343. The van der Waals surface area contributed by atoms with Crippen LogP contribution in [0.2, 0.25) is 0 Å². The van der Waals surface area contributed by atoms with Gasteiger partial charge in [0.15, 0.2) is 0 Å². The number of aryl methyl sites for hydroxylation is 2. The molecule has 1 saturated heterocycles. The van der Waals surface area contributed by atoms with Crippen LogP contribution in [0.25, 0.3) is 22.0 Å². The summed E-state index contributed by atoms with van der Waals surface area (Å²) in [6.45, 7) is 14.5. The van der Waals surface area contributed by atoms with E-state index in [0.717, 1.165) is 71.0 Å². The molecule has 0 unspecified atom stereocenters.